The van der Waals surface area contributed by atoms with E-state index in [0.29, 0.717) is 6.04 Å². The highest BCUT2D eigenvalue weighted by molar-refractivity contribution is 5.44. The standard InChI is InChI=1S/C15H26N2O/c1-10(16)9-14(17(4)5)13-7-8-15(18-6)12(3)11(13)2/h7-8,10,14H,9,16H2,1-6H3. The molecule has 0 bridgehead atoms. The van der Waals surface area contributed by atoms with Crippen molar-refractivity contribution in [1.82, 2.24) is 4.90 Å². The van der Waals surface area contributed by atoms with Gasteiger partial charge in [0.2, 0.25) is 0 Å². The maximum atomic E-state index is 5.96. The number of rotatable bonds is 5. The first-order chi connectivity index (χ1) is 8.38. The molecule has 1 aromatic rings. The molecule has 102 valence electrons. The molecule has 0 aliphatic rings. The summed E-state index contributed by atoms with van der Waals surface area (Å²) in [6.07, 6.45) is 0.958. The Hall–Kier alpha value is -1.06. The van der Waals surface area contributed by atoms with Crippen molar-refractivity contribution < 1.29 is 4.74 Å². The average Bonchev–Trinajstić information content (AvgIpc) is 2.29. The zero-order valence-corrected chi connectivity index (χ0v) is 12.4. The SMILES string of the molecule is COc1ccc(C(CC(C)N)N(C)C)c(C)c1C. The minimum atomic E-state index is 0.194. The summed E-state index contributed by atoms with van der Waals surface area (Å²) >= 11 is 0. The molecule has 18 heavy (non-hydrogen) atoms. The van der Waals surface area contributed by atoms with Crippen LogP contribution < -0.4 is 10.5 Å². The third kappa shape index (κ3) is 3.24. The molecular weight excluding hydrogens is 224 g/mol. The molecule has 1 rings (SSSR count). The maximum Gasteiger partial charge on any atom is 0.122 e. The van der Waals surface area contributed by atoms with Gasteiger partial charge in [-0.15, -0.1) is 0 Å². The molecule has 3 heteroatoms. The van der Waals surface area contributed by atoms with Crippen molar-refractivity contribution in [2.75, 3.05) is 21.2 Å². The van der Waals surface area contributed by atoms with E-state index in [1.54, 1.807) is 7.11 Å². The third-order valence-corrected chi connectivity index (χ3v) is 3.58. The Kier molecular flexibility index (Phi) is 5.17. The normalized spacial score (nSPS) is 14.7. The smallest absolute Gasteiger partial charge is 0.122 e. The molecule has 0 fully saturated rings. The zero-order valence-electron chi connectivity index (χ0n) is 12.4. The first-order valence-electron chi connectivity index (χ1n) is 6.44. The van der Waals surface area contributed by atoms with Gasteiger partial charge in [0.15, 0.2) is 0 Å². The summed E-state index contributed by atoms with van der Waals surface area (Å²) in [6, 6.07) is 4.76. The minimum absolute atomic E-state index is 0.194. The van der Waals surface area contributed by atoms with Crippen molar-refractivity contribution in [3.8, 4) is 5.75 Å². The van der Waals surface area contributed by atoms with Gasteiger partial charge in [0.25, 0.3) is 0 Å². The zero-order chi connectivity index (χ0) is 13.9. The molecular formula is C15H26N2O. The van der Waals surface area contributed by atoms with Crippen molar-refractivity contribution in [3.63, 3.8) is 0 Å². The highest BCUT2D eigenvalue weighted by Crippen LogP contribution is 2.31. The molecule has 0 aliphatic heterocycles. The van der Waals surface area contributed by atoms with Crippen LogP contribution >= 0.6 is 0 Å². The van der Waals surface area contributed by atoms with Gasteiger partial charge in [0.1, 0.15) is 5.75 Å². The van der Waals surface area contributed by atoms with Crippen molar-refractivity contribution in [1.29, 1.82) is 0 Å². The van der Waals surface area contributed by atoms with Gasteiger partial charge in [-0.3, -0.25) is 0 Å². The lowest BCUT2D eigenvalue weighted by Gasteiger charge is -2.28. The van der Waals surface area contributed by atoms with Crippen LogP contribution in [0.4, 0.5) is 0 Å². The lowest BCUT2D eigenvalue weighted by Crippen LogP contribution is -2.28. The van der Waals surface area contributed by atoms with Crippen molar-refractivity contribution in [2.45, 2.75) is 39.3 Å². The van der Waals surface area contributed by atoms with Gasteiger partial charge in [0.05, 0.1) is 7.11 Å². The molecule has 0 aliphatic carbocycles. The van der Waals surface area contributed by atoms with E-state index >= 15 is 0 Å². The predicted molar refractivity (Wildman–Crippen MR) is 77.2 cm³/mol. The highest BCUT2D eigenvalue weighted by atomic mass is 16.5. The average molecular weight is 250 g/mol. The Morgan fingerprint density at radius 3 is 2.28 bits per heavy atom. The fourth-order valence-corrected chi connectivity index (χ4v) is 2.37. The molecule has 2 N–H and O–H groups in total. The topological polar surface area (TPSA) is 38.5 Å². The number of hydrogen-bond donors (Lipinski definition) is 1. The van der Waals surface area contributed by atoms with Crippen LogP contribution in [0.25, 0.3) is 0 Å². The minimum Gasteiger partial charge on any atom is -0.496 e. The molecule has 1 aromatic carbocycles. The summed E-state index contributed by atoms with van der Waals surface area (Å²) in [4.78, 5) is 2.23. The van der Waals surface area contributed by atoms with E-state index in [0.717, 1.165) is 12.2 Å². The van der Waals surface area contributed by atoms with E-state index in [1.807, 2.05) is 0 Å². The summed E-state index contributed by atoms with van der Waals surface area (Å²) in [6.45, 7) is 6.32. The van der Waals surface area contributed by atoms with E-state index in [9.17, 15) is 0 Å². The number of methoxy groups -OCH3 is 1. The highest BCUT2D eigenvalue weighted by Gasteiger charge is 2.19. The summed E-state index contributed by atoms with van der Waals surface area (Å²) < 4.78 is 5.36. The first kappa shape index (κ1) is 15.0. The van der Waals surface area contributed by atoms with Crippen molar-refractivity contribution in [2.24, 2.45) is 5.73 Å². The second-order valence-electron chi connectivity index (χ2n) is 5.30. The Morgan fingerprint density at radius 2 is 1.83 bits per heavy atom. The monoisotopic (exact) mass is 250 g/mol. The largest absolute Gasteiger partial charge is 0.496 e. The van der Waals surface area contributed by atoms with Crippen LogP contribution in [0.3, 0.4) is 0 Å². The summed E-state index contributed by atoms with van der Waals surface area (Å²) in [5.74, 6) is 0.953. The number of nitrogens with zero attached hydrogens (tertiary/aromatic N) is 1. The van der Waals surface area contributed by atoms with E-state index in [2.05, 4.69) is 51.9 Å². The second kappa shape index (κ2) is 6.21. The van der Waals surface area contributed by atoms with Gasteiger partial charge >= 0.3 is 0 Å². The summed E-state index contributed by atoms with van der Waals surface area (Å²) in [7, 11) is 5.92. The van der Waals surface area contributed by atoms with Crippen LogP contribution in [0.2, 0.25) is 0 Å². The van der Waals surface area contributed by atoms with Crippen LogP contribution in [0, 0.1) is 13.8 Å². The summed E-state index contributed by atoms with van der Waals surface area (Å²) in [5, 5.41) is 0. The molecule has 0 amide bonds. The van der Waals surface area contributed by atoms with Gasteiger partial charge in [-0.2, -0.15) is 0 Å². The van der Waals surface area contributed by atoms with Gasteiger partial charge < -0.3 is 15.4 Å². The molecule has 2 atom stereocenters. The number of nitrogens with two attached hydrogens (primary N) is 1. The van der Waals surface area contributed by atoms with Crippen molar-refractivity contribution in [3.05, 3.63) is 28.8 Å². The Labute approximate surface area is 111 Å². The Morgan fingerprint density at radius 1 is 1.22 bits per heavy atom. The van der Waals surface area contributed by atoms with Gasteiger partial charge in [-0.1, -0.05) is 6.07 Å². The molecule has 0 radical (unpaired) electrons. The quantitative estimate of drug-likeness (QED) is 0.873. The third-order valence-electron chi connectivity index (χ3n) is 3.58. The molecule has 3 nitrogen and oxygen atoms in total. The number of ether oxygens (including phenoxy) is 1. The lowest BCUT2D eigenvalue weighted by atomic mass is 9.92. The van der Waals surface area contributed by atoms with Gasteiger partial charge in [-0.25, -0.2) is 0 Å². The van der Waals surface area contributed by atoms with Crippen LogP contribution in [0.15, 0.2) is 12.1 Å². The van der Waals surface area contributed by atoms with Crippen LogP contribution in [0.5, 0.6) is 5.75 Å². The van der Waals surface area contributed by atoms with Gasteiger partial charge in [-0.05, 0) is 64.0 Å². The van der Waals surface area contributed by atoms with E-state index in [4.69, 9.17) is 10.5 Å². The lowest BCUT2D eigenvalue weighted by molar-refractivity contribution is 0.271. The predicted octanol–water partition coefficient (Wildman–Crippen LogP) is 2.65. The molecule has 0 heterocycles. The number of hydrogen-bond acceptors (Lipinski definition) is 3. The fraction of sp³-hybridized carbons (Fsp3) is 0.600. The molecule has 0 spiro atoms. The van der Waals surface area contributed by atoms with Crippen LogP contribution in [0.1, 0.15) is 36.1 Å². The molecule has 2 unspecified atom stereocenters. The molecule has 0 saturated heterocycles. The fourth-order valence-electron chi connectivity index (χ4n) is 2.37. The van der Waals surface area contributed by atoms with E-state index in [1.165, 1.54) is 16.7 Å². The van der Waals surface area contributed by atoms with Gasteiger partial charge in [0, 0.05) is 12.1 Å². The number of benzene rings is 1. The second-order valence-corrected chi connectivity index (χ2v) is 5.30. The molecule has 0 aromatic heterocycles. The van der Waals surface area contributed by atoms with Crippen LogP contribution in [-0.4, -0.2) is 32.1 Å². The van der Waals surface area contributed by atoms with E-state index in [-0.39, 0.29) is 6.04 Å². The van der Waals surface area contributed by atoms with Crippen molar-refractivity contribution >= 4 is 0 Å². The summed E-state index contributed by atoms with van der Waals surface area (Å²) in [5.41, 5.74) is 9.82. The molecule has 0 saturated carbocycles. The first-order valence-corrected chi connectivity index (χ1v) is 6.44. The van der Waals surface area contributed by atoms with E-state index < -0.39 is 0 Å². The van der Waals surface area contributed by atoms with Crippen LogP contribution in [-0.2, 0) is 0 Å². The Bertz CT molecular complexity index is 400. The Balaban J connectivity index is 3.17. The maximum absolute atomic E-state index is 5.96.